The molecule has 1 aliphatic carbocycles. The van der Waals surface area contributed by atoms with Gasteiger partial charge in [-0.2, -0.15) is 15.8 Å². The second-order valence-corrected chi connectivity index (χ2v) is 7.79. The van der Waals surface area contributed by atoms with Gasteiger partial charge in [0.25, 0.3) is 0 Å². The first-order valence-corrected chi connectivity index (χ1v) is 9.78. The van der Waals surface area contributed by atoms with Crippen LogP contribution >= 0.6 is 0 Å². The summed E-state index contributed by atoms with van der Waals surface area (Å²) in [5.74, 6) is 0.337. The Kier molecular flexibility index (Phi) is 5.74. The van der Waals surface area contributed by atoms with Crippen molar-refractivity contribution in [1.29, 1.82) is 15.8 Å². The largest absolute Gasteiger partial charge is 0.493 e. The number of nitrogens with two attached hydrogens (primary N) is 1. The number of ether oxygens (including phenoxy) is 2. The van der Waals surface area contributed by atoms with Crippen LogP contribution in [0.2, 0.25) is 0 Å². The Morgan fingerprint density at radius 2 is 1.87 bits per heavy atom. The molecule has 1 heterocycles. The number of fused-ring (bicyclic) bond motifs is 1. The zero-order valence-electron chi connectivity index (χ0n) is 17.6. The fourth-order valence-electron chi connectivity index (χ4n) is 4.59. The molecule has 30 heavy (non-hydrogen) atoms. The Morgan fingerprint density at radius 1 is 1.17 bits per heavy atom. The molecule has 7 nitrogen and oxygen atoms in total. The molecule has 0 bridgehead atoms. The summed E-state index contributed by atoms with van der Waals surface area (Å²) in [4.78, 5) is 2.25. The standard InChI is InChI=1S/C23H25N5O2/c1-14(2)28-9-8-18-17(11-28)20(15-6-5-7-19(29-3)21(15)30-4)16(10-24)22(27)23(18,12-25)13-26/h5-8,14,17,20H,9,11,27H2,1-4H3/t17-,20-/m1/s1. The van der Waals surface area contributed by atoms with Gasteiger partial charge < -0.3 is 15.2 Å². The second kappa shape index (κ2) is 8.11. The van der Waals surface area contributed by atoms with Crippen LogP contribution in [-0.2, 0) is 0 Å². The number of nitrogens with zero attached hydrogens (tertiary/aromatic N) is 4. The highest BCUT2D eigenvalue weighted by Crippen LogP contribution is 2.55. The predicted molar refractivity (Wildman–Crippen MR) is 111 cm³/mol. The smallest absolute Gasteiger partial charge is 0.204 e. The lowest BCUT2D eigenvalue weighted by Gasteiger charge is -2.46. The van der Waals surface area contributed by atoms with E-state index >= 15 is 0 Å². The van der Waals surface area contributed by atoms with Crippen molar-refractivity contribution >= 4 is 0 Å². The second-order valence-electron chi connectivity index (χ2n) is 7.79. The van der Waals surface area contributed by atoms with Gasteiger partial charge >= 0.3 is 0 Å². The first-order valence-electron chi connectivity index (χ1n) is 9.78. The Bertz CT molecular complexity index is 1020. The van der Waals surface area contributed by atoms with Crippen molar-refractivity contribution in [1.82, 2.24) is 4.90 Å². The first kappa shape index (κ1) is 21.2. The van der Waals surface area contributed by atoms with E-state index in [1.807, 2.05) is 18.2 Å². The first-order chi connectivity index (χ1) is 14.4. The number of methoxy groups -OCH3 is 2. The molecule has 0 saturated carbocycles. The van der Waals surface area contributed by atoms with Crippen molar-refractivity contribution in [2.24, 2.45) is 17.1 Å². The molecule has 7 heteroatoms. The summed E-state index contributed by atoms with van der Waals surface area (Å²) in [6.07, 6.45) is 1.93. The molecule has 0 radical (unpaired) electrons. The van der Waals surface area contributed by atoms with Crippen LogP contribution in [0.25, 0.3) is 0 Å². The van der Waals surface area contributed by atoms with Crippen LogP contribution in [0.3, 0.4) is 0 Å². The van der Waals surface area contributed by atoms with Crippen LogP contribution in [0.4, 0.5) is 0 Å². The lowest BCUT2D eigenvalue weighted by molar-refractivity contribution is 0.185. The highest BCUT2D eigenvalue weighted by Gasteiger charge is 2.53. The number of rotatable bonds is 4. The van der Waals surface area contributed by atoms with Crippen LogP contribution in [0.15, 0.2) is 41.1 Å². The van der Waals surface area contributed by atoms with Crippen molar-refractivity contribution in [2.75, 3.05) is 27.3 Å². The van der Waals surface area contributed by atoms with Crippen molar-refractivity contribution in [2.45, 2.75) is 25.8 Å². The maximum atomic E-state index is 10.1. The highest BCUT2D eigenvalue weighted by atomic mass is 16.5. The van der Waals surface area contributed by atoms with Crippen LogP contribution in [0.5, 0.6) is 11.5 Å². The van der Waals surface area contributed by atoms with E-state index in [4.69, 9.17) is 15.2 Å². The van der Waals surface area contributed by atoms with Gasteiger partial charge in [0.2, 0.25) is 5.41 Å². The minimum Gasteiger partial charge on any atom is -0.493 e. The van der Waals surface area contributed by atoms with E-state index in [2.05, 4.69) is 37.0 Å². The van der Waals surface area contributed by atoms with E-state index in [1.165, 1.54) is 0 Å². The van der Waals surface area contributed by atoms with Crippen molar-refractivity contribution in [3.63, 3.8) is 0 Å². The predicted octanol–water partition coefficient (Wildman–Crippen LogP) is 2.84. The van der Waals surface area contributed by atoms with E-state index in [0.29, 0.717) is 30.2 Å². The normalized spacial score (nSPS) is 22.9. The zero-order chi connectivity index (χ0) is 22.1. The molecular weight excluding hydrogens is 378 g/mol. The van der Waals surface area contributed by atoms with Gasteiger partial charge in [-0.05, 0) is 25.5 Å². The molecule has 0 fully saturated rings. The number of hydrogen-bond donors (Lipinski definition) is 1. The Morgan fingerprint density at radius 3 is 2.40 bits per heavy atom. The van der Waals surface area contributed by atoms with Crippen LogP contribution in [0.1, 0.15) is 25.3 Å². The fraction of sp³-hybridized carbons (Fsp3) is 0.435. The molecule has 0 spiro atoms. The Hall–Kier alpha value is -3.47. The van der Waals surface area contributed by atoms with Gasteiger partial charge in [0.15, 0.2) is 11.5 Å². The van der Waals surface area contributed by atoms with Crippen LogP contribution in [0, 0.1) is 45.3 Å². The average molecular weight is 403 g/mol. The molecule has 0 aromatic heterocycles. The minimum absolute atomic E-state index is 0.00497. The van der Waals surface area contributed by atoms with Gasteiger partial charge in [-0.15, -0.1) is 0 Å². The SMILES string of the molecule is COc1cccc([C@@H]2C(C#N)=C(N)C(C#N)(C#N)C3=CCN(C(C)C)C[C@H]32)c1OC. The zero-order valence-corrected chi connectivity index (χ0v) is 17.6. The van der Waals surface area contributed by atoms with Crippen molar-refractivity contribution in [3.8, 4) is 29.7 Å². The van der Waals surface area contributed by atoms with E-state index in [1.54, 1.807) is 20.3 Å². The van der Waals surface area contributed by atoms with E-state index in [0.717, 1.165) is 5.56 Å². The van der Waals surface area contributed by atoms with Crippen molar-refractivity contribution < 1.29 is 9.47 Å². The topological polar surface area (TPSA) is 119 Å². The van der Waals surface area contributed by atoms with Crippen molar-refractivity contribution in [3.05, 3.63) is 46.7 Å². The molecule has 1 aromatic rings. The van der Waals surface area contributed by atoms with Gasteiger partial charge in [0.05, 0.1) is 43.7 Å². The van der Waals surface area contributed by atoms with Gasteiger partial charge in [-0.25, -0.2) is 0 Å². The summed E-state index contributed by atoms with van der Waals surface area (Å²) >= 11 is 0. The summed E-state index contributed by atoms with van der Waals surface area (Å²) in [6, 6.07) is 12.2. The van der Waals surface area contributed by atoms with Crippen LogP contribution < -0.4 is 15.2 Å². The van der Waals surface area contributed by atoms with Gasteiger partial charge in [-0.3, -0.25) is 4.90 Å². The summed E-state index contributed by atoms with van der Waals surface area (Å²) in [7, 11) is 3.11. The van der Waals surface area contributed by atoms with E-state index < -0.39 is 11.3 Å². The fourth-order valence-corrected chi connectivity index (χ4v) is 4.59. The number of nitriles is 3. The Labute approximate surface area is 177 Å². The monoisotopic (exact) mass is 403 g/mol. The molecule has 2 atom stereocenters. The molecule has 2 aliphatic rings. The van der Waals surface area contributed by atoms with Gasteiger partial charge in [0.1, 0.15) is 0 Å². The lowest BCUT2D eigenvalue weighted by atomic mass is 9.59. The quantitative estimate of drug-likeness (QED) is 0.768. The van der Waals surface area contributed by atoms with Gasteiger partial charge in [-0.1, -0.05) is 18.2 Å². The molecular formula is C23H25N5O2. The van der Waals surface area contributed by atoms with E-state index in [9.17, 15) is 15.8 Å². The van der Waals surface area contributed by atoms with Crippen LogP contribution in [-0.4, -0.2) is 38.3 Å². The number of benzene rings is 1. The average Bonchev–Trinajstić information content (AvgIpc) is 2.77. The van der Waals surface area contributed by atoms with Gasteiger partial charge in [0, 0.05) is 36.5 Å². The third-order valence-corrected chi connectivity index (χ3v) is 6.17. The molecule has 3 rings (SSSR count). The number of hydrogen-bond acceptors (Lipinski definition) is 7. The number of allylic oxidation sites excluding steroid dienone is 2. The molecule has 154 valence electrons. The highest BCUT2D eigenvalue weighted by molar-refractivity contribution is 5.61. The molecule has 1 aromatic carbocycles. The lowest BCUT2D eigenvalue weighted by Crippen LogP contribution is -2.48. The van der Waals surface area contributed by atoms with E-state index in [-0.39, 0.29) is 23.2 Å². The Balaban J connectivity index is 2.35. The molecule has 0 saturated heterocycles. The molecule has 0 amide bonds. The maximum Gasteiger partial charge on any atom is 0.204 e. The molecule has 1 aliphatic heterocycles. The summed E-state index contributed by atoms with van der Waals surface area (Å²) in [5, 5.41) is 30.0. The minimum atomic E-state index is -1.64. The maximum absolute atomic E-state index is 10.1. The summed E-state index contributed by atoms with van der Waals surface area (Å²) in [6.45, 7) is 5.41. The summed E-state index contributed by atoms with van der Waals surface area (Å²) < 4.78 is 11.1. The third kappa shape index (κ3) is 2.98. The number of para-hydroxylation sites is 1. The molecule has 2 N–H and O–H groups in total. The summed E-state index contributed by atoms with van der Waals surface area (Å²) in [5.41, 5.74) is 6.38. The third-order valence-electron chi connectivity index (χ3n) is 6.17. The molecule has 0 unspecified atom stereocenters.